The molecule has 0 amide bonds. The smallest absolute Gasteiger partial charge is 0.135 e. The van der Waals surface area contributed by atoms with Gasteiger partial charge >= 0.3 is 0 Å². The van der Waals surface area contributed by atoms with E-state index in [0.29, 0.717) is 0 Å². The van der Waals surface area contributed by atoms with Gasteiger partial charge in [-0.15, -0.1) is 0 Å². The number of fused-ring (bicyclic) bond motifs is 4. The number of hydrogen-bond donors (Lipinski definition) is 0. The van der Waals surface area contributed by atoms with Crippen molar-refractivity contribution in [3.8, 4) is 44.5 Å². The van der Waals surface area contributed by atoms with E-state index in [1.165, 1.54) is 44.2 Å². The van der Waals surface area contributed by atoms with Crippen molar-refractivity contribution < 1.29 is 4.42 Å². The lowest BCUT2D eigenvalue weighted by molar-refractivity contribution is 0.669. The van der Waals surface area contributed by atoms with Gasteiger partial charge in [0.1, 0.15) is 11.2 Å². The van der Waals surface area contributed by atoms with E-state index in [1.807, 2.05) is 12.1 Å². The number of hydrogen-bond acceptors (Lipinski definition) is 2. The fourth-order valence-electron chi connectivity index (χ4n) is 7.89. The SMILES string of the molecule is c1ccc(-c2ccc(N(c3ccc(-c4ccccc4-c4cccc5ccccc45)cc3)c3ccccc3-c3ccc4oc5ccccc5c4c3)cc2)cc1. The van der Waals surface area contributed by atoms with Gasteiger partial charge in [0.2, 0.25) is 0 Å². The highest BCUT2D eigenvalue weighted by molar-refractivity contribution is 6.07. The van der Waals surface area contributed by atoms with Crippen LogP contribution in [-0.2, 0) is 0 Å². The Bertz CT molecular complexity index is 2920. The molecule has 10 aromatic rings. The largest absolute Gasteiger partial charge is 0.456 e. The summed E-state index contributed by atoms with van der Waals surface area (Å²) in [4.78, 5) is 2.38. The molecular formula is C52H35NO. The second-order valence-electron chi connectivity index (χ2n) is 13.7. The van der Waals surface area contributed by atoms with Crippen LogP contribution in [0.5, 0.6) is 0 Å². The van der Waals surface area contributed by atoms with E-state index in [1.54, 1.807) is 0 Å². The van der Waals surface area contributed by atoms with E-state index < -0.39 is 0 Å². The van der Waals surface area contributed by atoms with Crippen LogP contribution in [0.4, 0.5) is 17.1 Å². The number of rotatable bonds is 7. The van der Waals surface area contributed by atoms with Gasteiger partial charge in [0.25, 0.3) is 0 Å². The third kappa shape index (κ3) is 5.62. The molecule has 0 N–H and O–H groups in total. The summed E-state index contributed by atoms with van der Waals surface area (Å²) in [6, 6.07) is 75.9. The van der Waals surface area contributed by atoms with Crippen molar-refractivity contribution in [1.82, 2.24) is 0 Å². The number of benzene rings is 9. The van der Waals surface area contributed by atoms with Crippen molar-refractivity contribution in [2.75, 3.05) is 4.90 Å². The van der Waals surface area contributed by atoms with Crippen LogP contribution in [0.2, 0.25) is 0 Å². The van der Waals surface area contributed by atoms with Crippen molar-refractivity contribution in [3.63, 3.8) is 0 Å². The zero-order valence-electron chi connectivity index (χ0n) is 29.6. The Hall–Kier alpha value is -7.16. The van der Waals surface area contributed by atoms with Crippen molar-refractivity contribution in [3.05, 3.63) is 212 Å². The van der Waals surface area contributed by atoms with Crippen molar-refractivity contribution in [2.24, 2.45) is 0 Å². The third-order valence-electron chi connectivity index (χ3n) is 10.5. The molecule has 0 aliphatic rings. The van der Waals surface area contributed by atoms with Crippen molar-refractivity contribution >= 4 is 49.8 Å². The maximum absolute atomic E-state index is 6.20. The monoisotopic (exact) mass is 689 g/mol. The fraction of sp³-hybridized carbons (Fsp3) is 0. The number of para-hydroxylation sites is 2. The summed E-state index contributed by atoms with van der Waals surface area (Å²) in [5.41, 5.74) is 14.6. The molecular weight excluding hydrogens is 655 g/mol. The molecule has 0 radical (unpaired) electrons. The van der Waals surface area contributed by atoms with E-state index in [4.69, 9.17) is 4.42 Å². The Morgan fingerprint density at radius 2 is 0.833 bits per heavy atom. The van der Waals surface area contributed by atoms with Crippen LogP contribution in [0.15, 0.2) is 217 Å². The third-order valence-corrected chi connectivity index (χ3v) is 10.5. The van der Waals surface area contributed by atoms with Crippen molar-refractivity contribution in [1.29, 1.82) is 0 Å². The van der Waals surface area contributed by atoms with Crippen LogP contribution in [0.1, 0.15) is 0 Å². The summed E-state index contributed by atoms with van der Waals surface area (Å²) in [6.45, 7) is 0. The van der Waals surface area contributed by atoms with Crippen LogP contribution in [-0.4, -0.2) is 0 Å². The lowest BCUT2D eigenvalue weighted by atomic mass is 9.91. The Morgan fingerprint density at radius 1 is 0.296 bits per heavy atom. The summed E-state index contributed by atoms with van der Waals surface area (Å²) in [5.74, 6) is 0. The molecule has 9 aromatic carbocycles. The van der Waals surface area contributed by atoms with E-state index in [2.05, 4.69) is 205 Å². The van der Waals surface area contributed by atoms with Gasteiger partial charge in [0.05, 0.1) is 5.69 Å². The van der Waals surface area contributed by atoms with Gasteiger partial charge in [-0.3, -0.25) is 0 Å². The van der Waals surface area contributed by atoms with Crippen LogP contribution in [0.3, 0.4) is 0 Å². The minimum Gasteiger partial charge on any atom is -0.456 e. The quantitative estimate of drug-likeness (QED) is 0.166. The number of furan rings is 1. The lowest BCUT2D eigenvalue weighted by Gasteiger charge is -2.28. The van der Waals surface area contributed by atoms with Crippen LogP contribution >= 0.6 is 0 Å². The molecule has 54 heavy (non-hydrogen) atoms. The second-order valence-corrected chi connectivity index (χ2v) is 13.7. The highest BCUT2D eigenvalue weighted by Gasteiger charge is 2.19. The fourth-order valence-corrected chi connectivity index (χ4v) is 7.89. The molecule has 2 nitrogen and oxygen atoms in total. The Kier molecular flexibility index (Phi) is 7.85. The molecule has 0 aliphatic heterocycles. The first-order valence-electron chi connectivity index (χ1n) is 18.4. The summed E-state index contributed by atoms with van der Waals surface area (Å²) in [7, 11) is 0. The molecule has 254 valence electrons. The van der Waals surface area contributed by atoms with E-state index in [-0.39, 0.29) is 0 Å². The molecule has 0 saturated heterocycles. The summed E-state index contributed by atoms with van der Waals surface area (Å²) >= 11 is 0. The zero-order valence-corrected chi connectivity index (χ0v) is 29.6. The Morgan fingerprint density at radius 3 is 1.63 bits per heavy atom. The van der Waals surface area contributed by atoms with Crippen LogP contribution in [0, 0.1) is 0 Å². The second kappa shape index (κ2) is 13.4. The molecule has 1 aromatic heterocycles. The standard InChI is InChI=1S/C52H35NO/c1-2-13-36(14-3-1)37-25-30-41(31-26-37)53(50-23-10-8-19-45(50)40-29-34-52-49(35-40)48-21-9-11-24-51(48)54-52)42-32-27-39(28-33-42)44-18-6-7-20-46(44)47-22-12-16-38-15-4-5-17-43(38)47/h1-35H. The van der Waals surface area contributed by atoms with Crippen molar-refractivity contribution in [2.45, 2.75) is 0 Å². The molecule has 0 fully saturated rings. The van der Waals surface area contributed by atoms with Gasteiger partial charge in [0, 0.05) is 27.7 Å². The highest BCUT2D eigenvalue weighted by Crippen LogP contribution is 2.44. The topological polar surface area (TPSA) is 16.4 Å². The minimum absolute atomic E-state index is 0.894. The van der Waals surface area contributed by atoms with Gasteiger partial charge in [-0.05, 0) is 98.2 Å². The Labute approximate surface area is 314 Å². The lowest BCUT2D eigenvalue weighted by Crippen LogP contribution is -2.11. The van der Waals surface area contributed by atoms with Gasteiger partial charge in [-0.2, -0.15) is 0 Å². The van der Waals surface area contributed by atoms with Crippen LogP contribution < -0.4 is 4.90 Å². The molecule has 0 aliphatic carbocycles. The molecule has 1 heterocycles. The first kappa shape index (κ1) is 31.6. The molecule has 0 saturated carbocycles. The predicted molar refractivity (Wildman–Crippen MR) is 228 cm³/mol. The zero-order chi connectivity index (χ0) is 35.8. The average Bonchev–Trinajstić information content (AvgIpc) is 3.63. The van der Waals surface area contributed by atoms with Gasteiger partial charge < -0.3 is 9.32 Å². The van der Waals surface area contributed by atoms with E-state index in [0.717, 1.165) is 50.1 Å². The summed E-state index contributed by atoms with van der Waals surface area (Å²) in [6.07, 6.45) is 0. The highest BCUT2D eigenvalue weighted by atomic mass is 16.3. The van der Waals surface area contributed by atoms with Gasteiger partial charge in [-0.25, -0.2) is 0 Å². The predicted octanol–water partition coefficient (Wildman–Crippen LogP) is 14.9. The van der Waals surface area contributed by atoms with Crippen LogP contribution in [0.25, 0.3) is 77.2 Å². The minimum atomic E-state index is 0.894. The van der Waals surface area contributed by atoms with Gasteiger partial charge in [0.15, 0.2) is 0 Å². The van der Waals surface area contributed by atoms with E-state index >= 15 is 0 Å². The average molecular weight is 690 g/mol. The molecule has 0 unspecified atom stereocenters. The first-order chi connectivity index (χ1) is 26.8. The maximum atomic E-state index is 6.20. The molecule has 2 heteroatoms. The van der Waals surface area contributed by atoms with Gasteiger partial charge in [-0.1, -0.05) is 164 Å². The molecule has 0 atom stereocenters. The van der Waals surface area contributed by atoms with E-state index in [9.17, 15) is 0 Å². The molecule has 0 bridgehead atoms. The molecule has 0 spiro atoms. The first-order valence-corrected chi connectivity index (χ1v) is 18.4. The molecule has 10 rings (SSSR count). The number of nitrogens with zero attached hydrogens (tertiary/aromatic N) is 1. The number of anilines is 3. The maximum Gasteiger partial charge on any atom is 0.135 e. The summed E-state index contributed by atoms with van der Waals surface area (Å²) < 4.78 is 6.20. The normalized spacial score (nSPS) is 11.3. The Balaban J connectivity index is 1.10. The summed E-state index contributed by atoms with van der Waals surface area (Å²) in [5, 5.41) is 4.74.